The highest BCUT2D eigenvalue weighted by atomic mass is 32.2. The van der Waals surface area contributed by atoms with E-state index in [1.54, 1.807) is 22.2 Å². The lowest BCUT2D eigenvalue weighted by Gasteiger charge is -2.30. The van der Waals surface area contributed by atoms with E-state index in [4.69, 9.17) is 0 Å². The van der Waals surface area contributed by atoms with E-state index in [9.17, 15) is 14.4 Å². The van der Waals surface area contributed by atoms with Crippen LogP contribution >= 0.6 is 11.8 Å². The van der Waals surface area contributed by atoms with Crippen molar-refractivity contribution in [3.63, 3.8) is 0 Å². The van der Waals surface area contributed by atoms with Gasteiger partial charge in [0.1, 0.15) is 5.82 Å². The Morgan fingerprint density at radius 2 is 2.03 bits per heavy atom. The van der Waals surface area contributed by atoms with Crippen LogP contribution in [0, 0.1) is 6.92 Å². The van der Waals surface area contributed by atoms with Crippen molar-refractivity contribution in [1.29, 1.82) is 0 Å². The third kappa shape index (κ3) is 4.48. The van der Waals surface area contributed by atoms with Crippen molar-refractivity contribution in [1.82, 2.24) is 30.0 Å². The van der Waals surface area contributed by atoms with Crippen LogP contribution in [0.5, 0.6) is 0 Å². The normalized spacial score (nSPS) is 21.7. The van der Waals surface area contributed by atoms with Crippen molar-refractivity contribution in [2.24, 2.45) is 0 Å². The van der Waals surface area contributed by atoms with Crippen LogP contribution in [-0.2, 0) is 9.59 Å². The van der Waals surface area contributed by atoms with Crippen LogP contribution in [-0.4, -0.2) is 42.9 Å². The summed E-state index contributed by atoms with van der Waals surface area (Å²) in [5.41, 5.74) is 2.08. The first-order valence-electron chi connectivity index (χ1n) is 11.1. The first-order valence-corrected chi connectivity index (χ1v) is 12.1. The Morgan fingerprint density at radius 3 is 2.79 bits per heavy atom. The molecule has 1 saturated heterocycles. The highest BCUT2D eigenvalue weighted by Crippen LogP contribution is 2.32. The molecule has 1 fully saturated rings. The fourth-order valence-corrected chi connectivity index (χ4v) is 5.44. The Morgan fingerprint density at radius 1 is 1.24 bits per heavy atom. The number of aryl methyl sites for hydroxylation is 1. The van der Waals surface area contributed by atoms with Crippen LogP contribution in [0.2, 0.25) is 0 Å². The van der Waals surface area contributed by atoms with E-state index >= 15 is 0 Å². The van der Waals surface area contributed by atoms with Crippen molar-refractivity contribution < 1.29 is 9.59 Å². The van der Waals surface area contributed by atoms with Crippen LogP contribution in [0.3, 0.4) is 0 Å². The molecular weight excluding hydrogens is 454 g/mol. The molecule has 0 bridgehead atoms. The number of hydrogen-bond acceptors (Lipinski definition) is 7. The smallest absolute Gasteiger partial charge is 0.254 e. The van der Waals surface area contributed by atoms with E-state index in [1.165, 1.54) is 17.8 Å². The minimum atomic E-state index is -0.596. The molecule has 34 heavy (non-hydrogen) atoms. The zero-order chi connectivity index (χ0) is 23.8. The number of nitrogens with zero attached hydrogens (tertiary/aromatic N) is 4. The van der Waals surface area contributed by atoms with Crippen LogP contribution in [0.15, 0.2) is 52.4 Å². The lowest BCUT2D eigenvalue weighted by atomic mass is 10.1. The minimum Gasteiger partial charge on any atom is -0.322 e. The molecule has 176 valence electrons. The topological polar surface area (TPSA) is 123 Å². The third-order valence-electron chi connectivity index (χ3n) is 5.79. The van der Waals surface area contributed by atoms with Gasteiger partial charge in [0.2, 0.25) is 11.8 Å². The second-order valence-corrected chi connectivity index (χ2v) is 9.56. The Labute approximate surface area is 200 Å². The largest absolute Gasteiger partial charge is 0.322 e. The first-order chi connectivity index (χ1) is 16.4. The average Bonchev–Trinajstić information content (AvgIpc) is 3.38. The Bertz CT molecular complexity index is 1300. The number of carbonyl (C=O) groups excluding carboxylic acids is 2. The molecule has 3 atom stereocenters. The van der Waals surface area contributed by atoms with Gasteiger partial charge >= 0.3 is 0 Å². The lowest BCUT2D eigenvalue weighted by molar-refractivity contribution is -0.125. The van der Waals surface area contributed by atoms with Crippen molar-refractivity contribution in [3.05, 3.63) is 58.5 Å². The second kappa shape index (κ2) is 9.07. The van der Waals surface area contributed by atoms with Gasteiger partial charge in [-0.3, -0.25) is 24.3 Å². The van der Waals surface area contributed by atoms with E-state index in [0.717, 1.165) is 5.56 Å². The summed E-state index contributed by atoms with van der Waals surface area (Å²) in [6, 6.07) is 12.6. The Kier molecular flexibility index (Phi) is 5.96. The van der Waals surface area contributed by atoms with E-state index < -0.39 is 6.29 Å². The van der Waals surface area contributed by atoms with Gasteiger partial charge in [0.15, 0.2) is 11.4 Å². The number of anilines is 1. The molecule has 4 heterocycles. The summed E-state index contributed by atoms with van der Waals surface area (Å²) in [6.45, 7) is 3.71. The molecule has 0 radical (unpaired) electrons. The average molecular weight is 480 g/mol. The molecule has 2 aliphatic rings. The van der Waals surface area contributed by atoms with E-state index in [1.807, 2.05) is 37.3 Å². The number of thioether (sulfide) groups is 1. The molecule has 2 amide bonds. The summed E-state index contributed by atoms with van der Waals surface area (Å²) < 4.78 is 3.18. The molecule has 10 nitrogen and oxygen atoms in total. The van der Waals surface area contributed by atoms with E-state index in [0.29, 0.717) is 34.5 Å². The molecule has 3 N–H and O–H groups in total. The number of nitrogens with one attached hydrogen (secondary N) is 3. The highest BCUT2D eigenvalue weighted by molar-refractivity contribution is 7.99. The van der Waals surface area contributed by atoms with Crippen LogP contribution in [0.4, 0.5) is 5.82 Å². The maximum atomic E-state index is 13.1. The predicted molar refractivity (Wildman–Crippen MR) is 128 cm³/mol. The van der Waals surface area contributed by atoms with Gasteiger partial charge in [0, 0.05) is 48.0 Å². The van der Waals surface area contributed by atoms with Gasteiger partial charge in [-0.1, -0.05) is 42.1 Å². The zero-order valence-electron chi connectivity index (χ0n) is 18.8. The van der Waals surface area contributed by atoms with E-state index in [-0.39, 0.29) is 35.9 Å². The molecule has 3 unspecified atom stereocenters. The van der Waals surface area contributed by atoms with Crippen molar-refractivity contribution in [2.75, 3.05) is 11.1 Å². The van der Waals surface area contributed by atoms with Crippen LogP contribution < -0.4 is 21.5 Å². The number of hydrogen-bond donors (Lipinski definition) is 3. The molecule has 2 aromatic heterocycles. The fraction of sp³-hybridized carbons (Fsp3) is 0.348. The van der Waals surface area contributed by atoms with Crippen molar-refractivity contribution >= 4 is 29.4 Å². The number of benzene rings is 1. The Balaban J connectivity index is 1.41. The molecule has 5 rings (SSSR count). The standard InChI is InChI=1S/C23H25N7O3S/c1-13-8-19(31)27-22(24-13)30-18(11-17(28-30)15-6-4-3-5-7-15)26-20(32)10-16-12-34-23-25-14(2)9-21(33)29(16)23/h3-7,9,11,13,16,22,24H,8,10,12H2,1-2H3,(H,26,32)(H,27,31). The fourth-order valence-electron chi connectivity index (χ4n) is 4.25. The summed E-state index contributed by atoms with van der Waals surface area (Å²) in [5, 5.41) is 14.4. The number of fused-ring (bicyclic) bond motifs is 1. The van der Waals surface area contributed by atoms with E-state index in [2.05, 4.69) is 26.0 Å². The molecule has 0 saturated carbocycles. The molecule has 0 spiro atoms. The predicted octanol–water partition coefficient (Wildman–Crippen LogP) is 2.04. The lowest BCUT2D eigenvalue weighted by Crippen LogP contribution is -2.52. The second-order valence-electron chi connectivity index (χ2n) is 8.57. The van der Waals surface area contributed by atoms with Crippen molar-refractivity contribution in [2.45, 2.75) is 50.2 Å². The molecule has 11 heteroatoms. The van der Waals surface area contributed by atoms with Gasteiger partial charge in [-0.15, -0.1) is 0 Å². The van der Waals surface area contributed by atoms with Gasteiger partial charge in [-0.05, 0) is 13.8 Å². The number of rotatable bonds is 5. The van der Waals surface area contributed by atoms with Gasteiger partial charge in [-0.25, -0.2) is 9.67 Å². The number of carbonyl (C=O) groups is 2. The van der Waals surface area contributed by atoms with Gasteiger partial charge in [0.25, 0.3) is 5.56 Å². The zero-order valence-corrected chi connectivity index (χ0v) is 19.6. The summed E-state index contributed by atoms with van der Waals surface area (Å²) in [5.74, 6) is 0.718. The summed E-state index contributed by atoms with van der Waals surface area (Å²) in [7, 11) is 0. The third-order valence-corrected chi connectivity index (χ3v) is 6.89. The molecule has 3 aromatic rings. The SMILES string of the molecule is Cc1cc(=O)n2c(n1)SCC2CC(=O)Nc1cc(-c2ccccc2)nn1C1NC(=O)CC(C)N1. The maximum absolute atomic E-state index is 13.1. The van der Waals surface area contributed by atoms with Gasteiger partial charge in [0.05, 0.1) is 11.7 Å². The van der Waals surface area contributed by atoms with Gasteiger partial charge in [-0.2, -0.15) is 5.10 Å². The molecule has 2 aliphatic heterocycles. The first kappa shape index (κ1) is 22.4. The highest BCUT2D eigenvalue weighted by Gasteiger charge is 2.30. The van der Waals surface area contributed by atoms with Gasteiger partial charge < -0.3 is 10.6 Å². The number of amides is 2. The quantitative estimate of drug-likeness (QED) is 0.479. The monoisotopic (exact) mass is 479 g/mol. The summed E-state index contributed by atoms with van der Waals surface area (Å²) in [4.78, 5) is 42.1. The van der Waals surface area contributed by atoms with Crippen molar-refractivity contribution in [3.8, 4) is 11.3 Å². The molecule has 1 aromatic carbocycles. The Hall–Kier alpha value is -3.44. The summed E-state index contributed by atoms with van der Waals surface area (Å²) in [6.07, 6.45) is -0.106. The summed E-state index contributed by atoms with van der Waals surface area (Å²) >= 11 is 1.48. The molecule has 0 aliphatic carbocycles. The molecular formula is C23H25N7O3S. The maximum Gasteiger partial charge on any atom is 0.254 e. The van der Waals surface area contributed by atoms with Crippen LogP contribution in [0.1, 0.15) is 37.8 Å². The van der Waals surface area contributed by atoms with Crippen LogP contribution in [0.25, 0.3) is 11.3 Å². The number of aromatic nitrogens is 4. The minimum absolute atomic E-state index is 0.0403.